The lowest BCUT2D eigenvalue weighted by molar-refractivity contribution is -0.138. The molecule has 0 aliphatic rings. The number of nitrogens with zero attached hydrogens (tertiary/aromatic N) is 2. The summed E-state index contributed by atoms with van der Waals surface area (Å²) >= 11 is 0.780. The highest BCUT2D eigenvalue weighted by molar-refractivity contribution is 8.00. The van der Waals surface area contributed by atoms with Gasteiger partial charge in [0.2, 0.25) is 5.91 Å². The number of hydrogen-bond donors (Lipinski definition) is 1. The van der Waals surface area contributed by atoms with Gasteiger partial charge in [-0.3, -0.25) is 4.79 Å². The molecule has 0 saturated carbocycles. The van der Waals surface area contributed by atoms with Gasteiger partial charge in [0.25, 0.3) is 0 Å². The molecule has 0 aliphatic carbocycles. The Balaban J connectivity index is 2.15. The predicted octanol–water partition coefficient (Wildman–Crippen LogP) is 4.39. The number of aromatic nitrogens is 1. The summed E-state index contributed by atoms with van der Waals surface area (Å²) in [6, 6.07) is 7.13. The second-order valence-corrected chi connectivity index (χ2v) is 6.86. The summed E-state index contributed by atoms with van der Waals surface area (Å²) < 4.78 is 53.2. The van der Waals surface area contributed by atoms with Crippen LogP contribution >= 0.6 is 11.8 Å². The molecule has 1 amide bonds. The van der Waals surface area contributed by atoms with E-state index in [1.165, 1.54) is 31.2 Å². The minimum Gasteiger partial charge on any atom is -0.351 e. The van der Waals surface area contributed by atoms with Crippen molar-refractivity contribution in [2.75, 3.05) is 5.75 Å². The monoisotopic (exact) mass is 411 g/mol. The van der Waals surface area contributed by atoms with Crippen molar-refractivity contribution in [3.8, 4) is 6.07 Å². The van der Waals surface area contributed by atoms with Gasteiger partial charge in [-0.1, -0.05) is 30.8 Å². The number of thioether (sulfide) groups is 1. The lowest BCUT2D eigenvalue weighted by Gasteiger charge is -2.17. The molecule has 1 aromatic heterocycles. The Bertz CT molecular complexity index is 905. The third-order valence-corrected chi connectivity index (χ3v) is 4.96. The average molecular weight is 411 g/mol. The van der Waals surface area contributed by atoms with Crippen LogP contribution in [-0.4, -0.2) is 16.6 Å². The molecule has 1 heterocycles. The number of halogens is 4. The summed E-state index contributed by atoms with van der Waals surface area (Å²) in [6.45, 7) is 3.12. The molecule has 0 fully saturated rings. The van der Waals surface area contributed by atoms with Crippen LogP contribution in [0.1, 0.15) is 34.9 Å². The van der Waals surface area contributed by atoms with Crippen molar-refractivity contribution in [3.05, 3.63) is 58.0 Å². The van der Waals surface area contributed by atoms with E-state index >= 15 is 0 Å². The third-order valence-electron chi connectivity index (χ3n) is 3.98. The fraction of sp³-hybridized carbons (Fsp3) is 0.316. The molecule has 148 valence electrons. The fourth-order valence-electron chi connectivity index (χ4n) is 2.60. The van der Waals surface area contributed by atoms with E-state index in [1.807, 2.05) is 0 Å². The number of pyridine rings is 1. The van der Waals surface area contributed by atoms with Gasteiger partial charge < -0.3 is 5.32 Å². The Morgan fingerprint density at radius 3 is 2.46 bits per heavy atom. The Morgan fingerprint density at radius 1 is 1.29 bits per heavy atom. The number of carbonyl (C=O) groups is 1. The van der Waals surface area contributed by atoms with Crippen molar-refractivity contribution in [2.45, 2.75) is 38.0 Å². The molecule has 2 rings (SSSR count). The fourth-order valence-corrected chi connectivity index (χ4v) is 3.43. The molecule has 0 spiro atoms. The number of alkyl halides is 3. The van der Waals surface area contributed by atoms with Crippen molar-refractivity contribution in [1.29, 1.82) is 5.26 Å². The van der Waals surface area contributed by atoms with Crippen molar-refractivity contribution >= 4 is 17.7 Å². The molecular formula is C19H17F4N3OS. The molecular weight excluding hydrogens is 394 g/mol. The highest BCUT2D eigenvalue weighted by Crippen LogP contribution is 2.38. The van der Waals surface area contributed by atoms with Crippen LogP contribution in [0.4, 0.5) is 17.6 Å². The SMILES string of the molecule is CCc1nc(SCC(=O)NCc2ccc(F)cc2)c(C#N)c(C(F)(F)F)c1C. The Morgan fingerprint density at radius 2 is 1.93 bits per heavy atom. The molecule has 28 heavy (non-hydrogen) atoms. The van der Waals surface area contributed by atoms with Crippen LogP contribution in [0.3, 0.4) is 0 Å². The topological polar surface area (TPSA) is 65.8 Å². The van der Waals surface area contributed by atoms with E-state index in [9.17, 15) is 27.6 Å². The molecule has 0 aliphatic heterocycles. The minimum absolute atomic E-state index is 0.0725. The number of hydrogen-bond acceptors (Lipinski definition) is 4. The zero-order valence-corrected chi connectivity index (χ0v) is 16.0. The molecule has 9 heteroatoms. The summed E-state index contributed by atoms with van der Waals surface area (Å²) in [6.07, 6.45) is -4.42. The van der Waals surface area contributed by atoms with Crippen molar-refractivity contribution in [1.82, 2.24) is 10.3 Å². The normalized spacial score (nSPS) is 11.2. The summed E-state index contributed by atoms with van der Waals surface area (Å²) in [7, 11) is 0. The quantitative estimate of drug-likeness (QED) is 0.566. The number of carbonyl (C=O) groups excluding carboxylic acids is 1. The van der Waals surface area contributed by atoms with Crippen LogP contribution < -0.4 is 5.32 Å². The van der Waals surface area contributed by atoms with Crippen LogP contribution in [0.5, 0.6) is 0 Å². The molecule has 1 aromatic carbocycles. The van der Waals surface area contributed by atoms with E-state index in [2.05, 4.69) is 10.3 Å². The lowest BCUT2D eigenvalue weighted by Crippen LogP contribution is -2.24. The minimum atomic E-state index is -4.69. The van der Waals surface area contributed by atoms with Crippen molar-refractivity contribution < 1.29 is 22.4 Å². The van der Waals surface area contributed by atoms with Gasteiger partial charge in [-0.25, -0.2) is 9.37 Å². The number of nitriles is 1. The highest BCUT2D eigenvalue weighted by Gasteiger charge is 2.38. The Labute approximate surface area is 164 Å². The summed E-state index contributed by atoms with van der Waals surface area (Å²) in [5.74, 6) is -1.04. The van der Waals surface area contributed by atoms with Crippen LogP contribution in [0.25, 0.3) is 0 Å². The molecule has 0 atom stereocenters. The first kappa shape index (κ1) is 21.7. The molecule has 0 bridgehead atoms. The number of rotatable bonds is 6. The standard InChI is InChI=1S/C19H17F4N3OS/c1-3-15-11(2)17(19(21,22)23)14(8-24)18(26-15)28-10-16(27)25-9-12-4-6-13(20)7-5-12/h4-7H,3,9-10H2,1-2H3,(H,25,27). The first-order chi connectivity index (χ1) is 13.2. The third kappa shape index (κ3) is 5.23. The van der Waals surface area contributed by atoms with E-state index in [0.717, 1.165) is 11.8 Å². The summed E-state index contributed by atoms with van der Waals surface area (Å²) in [4.78, 5) is 16.2. The van der Waals surface area contributed by atoms with Gasteiger partial charge in [0.15, 0.2) is 0 Å². The maximum absolute atomic E-state index is 13.4. The first-order valence-corrected chi connectivity index (χ1v) is 9.30. The van der Waals surface area contributed by atoms with Crippen molar-refractivity contribution in [3.63, 3.8) is 0 Å². The van der Waals surface area contributed by atoms with E-state index in [1.54, 1.807) is 13.0 Å². The van der Waals surface area contributed by atoms with E-state index in [4.69, 9.17) is 0 Å². The van der Waals surface area contributed by atoms with Crippen LogP contribution in [-0.2, 0) is 23.9 Å². The second kappa shape index (κ2) is 9.06. The summed E-state index contributed by atoms with van der Waals surface area (Å²) in [5.41, 5.74) is -0.731. The summed E-state index contributed by atoms with van der Waals surface area (Å²) in [5, 5.41) is 11.7. The maximum Gasteiger partial charge on any atom is 0.418 e. The molecule has 2 aromatic rings. The van der Waals surface area contributed by atoms with Gasteiger partial charge in [-0.15, -0.1) is 0 Å². The maximum atomic E-state index is 13.4. The van der Waals surface area contributed by atoms with Gasteiger partial charge in [0.1, 0.15) is 16.9 Å². The molecule has 1 N–H and O–H groups in total. The molecule has 0 unspecified atom stereocenters. The highest BCUT2D eigenvalue weighted by atomic mass is 32.2. The van der Waals surface area contributed by atoms with Crippen LogP contribution in [0.15, 0.2) is 29.3 Å². The molecule has 0 radical (unpaired) electrons. The number of nitrogens with one attached hydrogen (secondary N) is 1. The number of amides is 1. The Kier molecular flexibility index (Phi) is 7.02. The van der Waals surface area contributed by atoms with Gasteiger partial charge in [0, 0.05) is 12.2 Å². The van der Waals surface area contributed by atoms with Crippen LogP contribution in [0, 0.1) is 24.1 Å². The second-order valence-electron chi connectivity index (χ2n) is 5.89. The van der Waals surface area contributed by atoms with E-state index in [-0.39, 0.29) is 35.0 Å². The number of benzene rings is 1. The van der Waals surface area contributed by atoms with Gasteiger partial charge in [0.05, 0.1) is 16.9 Å². The zero-order valence-electron chi connectivity index (χ0n) is 15.2. The van der Waals surface area contributed by atoms with Crippen molar-refractivity contribution in [2.24, 2.45) is 0 Å². The predicted molar refractivity (Wildman–Crippen MR) is 97.0 cm³/mol. The van der Waals surface area contributed by atoms with Gasteiger partial charge in [-0.2, -0.15) is 18.4 Å². The lowest BCUT2D eigenvalue weighted by atomic mass is 10.0. The van der Waals surface area contributed by atoms with Gasteiger partial charge >= 0.3 is 6.18 Å². The van der Waals surface area contributed by atoms with E-state index in [0.29, 0.717) is 5.56 Å². The largest absolute Gasteiger partial charge is 0.418 e. The molecule has 0 saturated heterocycles. The van der Waals surface area contributed by atoms with Gasteiger partial charge in [-0.05, 0) is 36.6 Å². The zero-order chi connectivity index (χ0) is 20.9. The Hall–Kier alpha value is -2.60. The van der Waals surface area contributed by atoms with Crippen LogP contribution in [0.2, 0.25) is 0 Å². The van der Waals surface area contributed by atoms with E-state index < -0.39 is 29.0 Å². The number of aryl methyl sites for hydroxylation is 1. The smallest absolute Gasteiger partial charge is 0.351 e. The molecule has 4 nitrogen and oxygen atoms in total. The first-order valence-electron chi connectivity index (χ1n) is 8.32. The average Bonchev–Trinajstić information content (AvgIpc) is 2.64.